The number of nitrogens with one attached hydrogen (secondary N) is 1. The third-order valence-electron chi connectivity index (χ3n) is 3.44. The topological polar surface area (TPSA) is 55.1 Å². The zero-order chi connectivity index (χ0) is 16.4. The zero-order valence-electron chi connectivity index (χ0n) is 13.3. The summed E-state index contributed by atoms with van der Waals surface area (Å²) in [5, 5.41) is 5.85. The molecule has 1 amide bonds. The Labute approximate surface area is 139 Å². The van der Waals surface area contributed by atoms with Gasteiger partial charge in [0.1, 0.15) is 11.5 Å². The lowest BCUT2D eigenvalue weighted by atomic mass is 10.1. The fraction of sp³-hybridized carbons (Fsp3) is 0.222. The highest BCUT2D eigenvalue weighted by atomic mass is 32.1. The van der Waals surface area contributed by atoms with Crippen LogP contribution in [0.4, 0.5) is 0 Å². The molecule has 0 radical (unpaired) electrons. The van der Waals surface area contributed by atoms with E-state index >= 15 is 0 Å². The number of nitrogens with zero attached hydrogens (tertiary/aromatic N) is 1. The molecule has 0 spiro atoms. The first-order valence-corrected chi connectivity index (χ1v) is 8.27. The van der Waals surface area contributed by atoms with Crippen molar-refractivity contribution in [3.63, 3.8) is 0 Å². The fourth-order valence-electron chi connectivity index (χ4n) is 2.46. The zero-order valence-corrected chi connectivity index (χ0v) is 14.2. The molecule has 3 aromatic rings. The van der Waals surface area contributed by atoms with Crippen molar-refractivity contribution in [3.05, 3.63) is 63.2 Å². The van der Waals surface area contributed by atoms with Gasteiger partial charge in [-0.05, 0) is 45.0 Å². The van der Waals surface area contributed by atoms with Crippen LogP contribution in [0.1, 0.15) is 32.3 Å². The van der Waals surface area contributed by atoms with Gasteiger partial charge in [-0.2, -0.15) is 0 Å². The molecule has 2 aromatic heterocycles. The maximum atomic E-state index is 12.2. The Balaban J connectivity index is 1.66. The Kier molecular flexibility index (Phi) is 4.30. The molecule has 1 aromatic carbocycles. The van der Waals surface area contributed by atoms with Crippen molar-refractivity contribution in [3.8, 4) is 11.5 Å². The van der Waals surface area contributed by atoms with Crippen LogP contribution in [0.15, 0.2) is 40.1 Å². The number of furan rings is 1. The molecule has 0 fully saturated rings. The summed E-state index contributed by atoms with van der Waals surface area (Å²) in [6, 6.07) is 9.56. The lowest BCUT2D eigenvalue weighted by Crippen LogP contribution is -2.22. The van der Waals surface area contributed by atoms with Gasteiger partial charge in [0.15, 0.2) is 5.76 Å². The van der Waals surface area contributed by atoms with Crippen LogP contribution in [0, 0.1) is 20.8 Å². The van der Waals surface area contributed by atoms with Crippen LogP contribution < -0.4 is 5.32 Å². The second-order valence-corrected chi connectivity index (χ2v) is 6.64. The summed E-state index contributed by atoms with van der Waals surface area (Å²) in [6.45, 7) is 6.29. The van der Waals surface area contributed by atoms with Crippen LogP contribution >= 0.6 is 11.3 Å². The normalized spacial score (nSPS) is 10.7. The smallest absolute Gasteiger partial charge is 0.251 e. The predicted molar refractivity (Wildman–Crippen MR) is 91.6 cm³/mol. The van der Waals surface area contributed by atoms with Gasteiger partial charge in [-0.15, -0.1) is 11.3 Å². The van der Waals surface area contributed by atoms with Crippen molar-refractivity contribution in [1.29, 1.82) is 0 Å². The summed E-state index contributed by atoms with van der Waals surface area (Å²) in [7, 11) is 0. The van der Waals surface area contributed by atoms with Crippen LogP contribution in [0.2, 0.25) is 0 Å². The molecule has 5 heteroatoms. The molecule has 0 unspecified atom stereocenters. The van der Waals surface area contributed by atoms with Crippen LogP contribution in [-0.2, 0) is 6.54 Å². The molecule has 1 N–H and O–H groups in total. The monoisotopic (exact) mass is 326 g/mol. The number of hydrogen-bond donors (Lipinski definition) is 1. The number of thiazole rings is 1. The Morgan fingerprint density at radius 1 is 1.17 bits per heavy atom. The van der Waals surface area contributed by atoms with E-state index in [1.165, 1.54) is 0 Å². The third kappa shape index (κ3) is 3.68. The maximum Gasteiger partial charge on any atom is 0.251 e. The van der Waals surface area contributed by atoms with E-state index in [1.54, 1.807) is 11.3 Å². The number of aromatic nitrogens is 1. The minimum Gasteiger partial charge on any atom is -0.458 e. The molecule has 0 aliphatic carbocycles. The fourth-order valence-corrected chi connectivity index (χ4v) is 3.06. The quantitative estimate of drug-likeness (QED) is 0.779. The number of carbonyl (C=O) groups excluding carboxylic acids is 1. The van der Waals surface area contributed by atoms with E-state index in [0.29, 0.717) is 17.9 Å². The van der Waals surface area contributed by atoms with E-state index in [4.69, 9.17) is 4.42 Å². The molecule has 118 valence electrons. The summed E-state index contributed by atoms with van der Waals surface area (Å²) in [6.07, 6.45) is 0. The highest BCUT2D eigenvalue weighted by molar-refractivity contribution is 7.09. The third-order valence-corrected chi connectivity index (χ3v) is 4.21. The minimum absolute atomic E-state index is 0.0979. The van der Waals surface area contributed by atoms with Gasteiger partial charge >= 0.3 is 0 Å². The van der Waals surface area contributed by atoms with Gasteiger partial charge in [0.2, 0.25) is 0 Å². The number of hydrogen-bond acceptors (Lipinski definition) is 4. The Hall–Kier alpha value is -2.40. The molecular formula is C18H18N2O2S. The van der Waals surface area contributed by atoms with Gasteiger partial charge in [-0.3, -0.25) is 4.79 Å². The van der Waals surface area contributed by atoms with E-state index in [9.17, 15) is 4.79 Å². The molecule has 3 rings (SSSR count). The van der Waals surface area contributed by atoms with Crippen LogP contribution in [0.25, 0.3) is 11.5 Å². The Morgan fingerprint density at radius 2 is 1.91 bits per heavy atom. The minimum atomic E-state index is -0.0979. The van der Waals surface area contributed by atoms with Crippen LogP contribution in [-0.4, -0.2) is 10.9 Å². The molecule has 23 heavy (non-hydrogen) atoms. The molecule has 0 aliphatic rings. The average Bonchev–Trinajstić information content (AvgIpc) is 3.12. The van der Waals surface area contributed by atoms with Crippen LogP contribution in [0.3, 0.4) is 0 Å². The number of benzene rings is 1. The van der Waals surface area contributed by atoms with Gasteiger partial charge < -0.3 is 9.73 Å². The van der Waals surface area contributed by atoms with E-state index in [0.717, 1.165) is 27.6 Å². The van der Waals surface area contributed by atoms with Crippen molar-refractivity contribution in [2.24, 2.45) is 0 Å². The predicted octanol–water partition coefficient (Wildman–Crippen LogP) is 4.26. The molecular weight excluding hydrogens is 308 g/mol. The van der Waals surface area contributed by atoms with Gasteiger partial charge in [-0.1, -0.05) is 17.2 Å². The van der Waals surface area contributed by atoms with Gasteiger partial charge in [0.05, 0.1) is 11.6 Å². The second-order valence-electron chi connectivity index (χ2n) is 5.58. The van der Waals surface area contributed by atoms with Crippen LogP contribution in [0.5, 0.6) is 0 Å². The molecule has 0 saturated heterocycles. The lowest BCUT2D eigenvalue weighted by molar-refractivity contribution is 0.0948. The van der Waals surface area contributed by atoms with E-state index in [1.807, 2.05) is 56.5 Å². The average molecular weight is 326 g/mol. The standard InChI is InChI=1S/C18H18N2O2S/c1-11-6-12(2)8-14(7-11)18(21)19-9-15-4-5-17(22-15)16-10-23-13(3)20-16/h4-8,10H,9H2,1-3H3,(H,19,21). The number of amides is 1. The van der Waals surface area contributed by atoms with E-state index in [-0.39, 0.29) is 5.91 Å². The molecule has 2 heterocycles. The van der Waals surface area contributed by atoms with Crippen molar-refractivity contribution >= 4 is 17.2 Å². The largest absolute Gasteiger partial charge is 0.458 e. The van der Waals surface area contributed by atoms with E-state index < -0.39 is 0 Å². The summed E-state index contributed by atoms with van der Waals surface area (Å²) in [5.41, 5.74) is 3.66. The molecule has 4 nitrogen and oxygen atoms in total. The summed E-state index contributed by atoms with van der Waals surface area (Å²) >= 11 is 1.59. The second kappa shape index (κ2) is 6.38. The Bertz CT molecular complexity index is 828. The first kappa shape index (κ1) is 15.5. The van der Waals surface area contributed by atoms with Gasteiger partial charge in [0, 0.05) is 10.9 Å². The molecule has 0 atom stereocenters. The number of rotatable bonds is 4. The van der Waals surface area contributed by atoms with Crippen molar-refractivity contribution in [2.75, 3.05) is 0 Å². The van der Waals surface area contributed by atoms with Gasteiger partial charge in [-0.25, -0.2) is 4.98 Å². The van der Waals surface area contributed by atoms with Crippen molar-refractivity contribution in [1.82, 2.24) is 10.3 Å². The lowest BCUT2D eigenvalue weighted by Gasteiger charge is -2.06. The summed E-state index contributed by atoms with van der Waals surface area (Å²) < 4.78 is 5.75. The highest BCUT2D eigenvalue weighted by Crippen LogP contribution is 2.23. The number of carbonyl (C=O) groups is 1. The van der Waals surface area contributed by atoms with E-state index in [2.05, 4.69) is 10.3 Å². The maximum absolute atomic E-state index is 12.2. The SMILES string of the molecule is Cc1cc(C)cc(C(=O)NCc2ccc(-c3csc(C)n3)o2)c1. The summed E-state index contributed by atoms with van der Waals surface area (Å²) in [4.78, 5) is 16.6. The first-order valence-electron chi connectivity index (χ1n) is 7.39. The number of aryl methyl sites for hydroxylation is 3. The van der Waals surface area contributed by atoms with Gasteiger partial charge in [0.25, 0.3) is 5.91 Å². The molecule has 0 saturated carbocycles. The van der Waals surface area contributed by atoms with Crippen molar-refractivity contribution in [2.45, 2.75) is 27.3 Å². The molecule has 0 bridgehead atoms. The molecule has 0 aliphatic heterocycles. The van der Waals surface area contributed by atoms with Crippen molar-refractivity contribution < 1.29 is 9.21 Å². The first-order chi connectivity index (χ1) is 11.0. The Morgan fingerprint density at radius 3 is 2.57 bits per heavy atom. The highest BCUT2D eigenvalue weighted by Gasteiger charge is 2.10. The summed E-state index contributed by atoms with van der Waals surface area (Å²) in [5.74, 6) is 1.34.